The highest BCUT2D eigenvalue weighted by Gasteiger charge is 2.12. The maximum atomic E-state index is 10.1. The van der Waals surface area contributed by atoms with Crippen molar-refractivity contribution in [2.75, 3.05) is 0 Å². The fourth-order valence-electron chi connectivity index (χ4n) is 1.86. The molecule has 100 valence electrons. The molecule has 1 fully saturated rings. The number of hydrogen-bond acceptors (Lipinski definition) is 3. The van der Waals surface area contributed by atoms with Gasteiger partial charge in [-0.15, -0.1) is 0 Å². The van der Waals surface area contributed by atoms with Crippen molar-refractivity contribution >= 4 is 12.4 Å². The van der Waals surface area contributed by atoms with Crippen LogP contribution in [0.3, 0.4) is 0 Å². The van der Waals surface area contributed by atoms with Crippen molar-refractivity contribution in [1.82, 2.24) is 0 Å². The molecule has 1 saturated carbocycles. The van der Waals surface area contributed by atoms with Crippen molar-refractivity contribution in [2.45, 2.75) is 64.9 Å². The Kier molecular flexibility index (Phi) is 7.59. The minimum atomic E-state index is -0.725. The van der Waals surface area contributed by atoms with Crippen molar-refractivity contribution in [3.63, 3.8) is 0 Å². The van der Waals surface area contributed by atoms with Gasteiger partial charge in [-0.2, -0.15) is 0 Å². The second-order valence-electron chi connectivity index (χ2n) is 5.44. The van der Waals surface area contributed by atoms with E-state index in [1.807, 2.05) is 0 Å². The molecule has 0 radical (unpaired) electrons. The van der Waals surface area contributed by atoms with E-state index in [4.69, 9.17) is 5.73 Å². The Morgan fingerprint density at radius 2 is 1.82 bits per heavy atom. The fourth-order valence-corrected chi connectivity index (χ4v) is 1.86. The summed E-state index contributed by atoms with van der Waals surface area (Å²) < 4.78 is 4.58. The summed E-state index contributed by atoms with van der Waals surface area (Å²) in [6.07, 6.45) is 7.80. The molecule has 0 unspecified atom stereocenters. The Balaban J connectivity index is 0.000000304. The molecule has 0 atom stereocenters. The Morgan fingerprint density at radius 3 is 2.12 bits per heavy atom. The molecule has 1 amide bonds. The minimum Gasteiger partial charge on any atom is -0.444 e. The zero-order valence-electron chi connectivity index (χ0n) is 11.2. The average molecular weight is 243 g/mol. The first-order valence-corrected chi connectivity index (χ1v) is 6.27. The number of hydrogen-bond donors (Lipinski definition) is 1. The molecule has 0 aliphatic heterocycles. The van der Waals surface area contributed by atoms with Gasteiger partial charge in [-0.1, -0.05) is 32.1 Å². The van der Waals surface area contributed by atoms with E-state index in [2.05, 4.69) is 4.74 Å². The molecule has 0 spiro atoms. The van der Waals surface area contributed by atoms with E-state index >= 15 is 0 Å². The van der Waals surface area contributed by atoms with Crippen LogP contribution in [-0.4, -0.2) is 18.0 Å². The van der Waals surface area contributed by atoms with Crippen LogP contribution in [0.15, 0.2) is 0 Å². The summed E-state index contributed by atoms with van der Waals surface area (Å²) in [5.41, 5.74) is 4.26. The van der Waals surface area contributed by atoms with Gasteiger partial charge in [-0.25, -0.2) is 4.79 Å². The molecule has 0 bridgehead atoms. The van der Waals surface area contributed by atoms with E-state index in [0.29, 0.717) is 0 Å². The third kappa shape index (κ3) is 11.2. The Labute approximate surface area is 104 Å². The smallest absolute Gasteiger partial charge is 0.405 e. The van der Waals surface area contributed by atoms with Crippen LogP contribution in [0, 0.1) is 5.92 Å². The molecule has 1 aliphatic rings. The zero-order chi connectivity index (χ0) is 13.3. The van der Waals surface area contributed by atoms with Gasteiger partial charge < -0.3 is 15.3 Å². The van der Waals surface area contributed by atoms with Crippen LogP contribution in [0.5, 0.6) is 0 Å². The van der Waals surface area contributed by atoms with Crippen LogP contribution in [0.1, 0.15) is 59.3 Å². The summed E-state index contributed by atoms with van der Waals surface area (Å²) in [5, 5.41) is 0. The first-order chi connectivity index (χ1) is 7.85. The molecule has 4 heteroatoms. The van der Waals surface area contributed by atoms with Gasteiger partial charge >= 0.3 is 6.09 Å². The average Bonchev–Trinajstić information content (AvgIpc) is 2.16. The largest absolute Gasteiger partial charge is 0.444 e. The predicted molar refractivity (Wildman–Crippen MR) is 67.7 cm³/mol. The number of rotatable bonds is 2. The van der Waals surface area contributed by atoms with Crippen molar-refractivity contribution < 1.29 is 14.3 Å². The molecule has 17 heavy (non-hydrogen) atoms. The van der Waals surface area contributed by atoms with Gasteiger partial charge in [0, 0.05) is 6.42 Å². The van der Waals surface area contributed by atoms with E-state index in [-0.39, 0.29) is 0 Å². The van der Waals surface area contributed by atoms with Crippen molar-refractivity contribution in [2.24, 2.45) is 11.7 Å². The van der Waals surface area contributed by atoms with E-state index in [9.17, 15) is 9.59 Å². The first kappa shape index (κ1) is 15.9. The highest BCUT2D eigenvalue weighted by Crippen LogP contribution is 2.24. The molecule has 2 N–H and O–H groups in total. The van der Waals surface area contributed by atoms with E-state index in [1.165, 1.54) is 32.1 Å². The van der Waals surface area contributed by atoms with E-state index < -0.39 is 11.7 Å². The van der Waals surface area contributed by atoms with Crippen LogP contribution >= 0.6 is 0 Å². The molecular weight excluding hydrogens is 218 g/mol. The van der Waals surface area contributed by atoms with E-state index in [1.54, 1.807) is 20.8 Å². The van der Waals surface area contributed by atoms with Gasteiger partial charge in [-0.05, 0) is 26.7 Å². The molecular formula is C13H25NO3. The number of primary amides is 1. The number of carbonyl (C=O) groups excluding carboxylic acids is 2. The molecule has 4 nitrogen and oxygen atoms in total. The molecule has 0 aromatic rings. The lowest BCUT2D eigenvalue weighted by atomic mass is 9.87. The van der Waals surface area contributed by atoms with Crippen LogP contribution in [-0.2, 0) is 9.53 Å². The fraction of sp³-hybridized carbons (Fsp3) is 0.846. The second-order valence-corrected chi connectivity index (χ2v) is 5.44. The summed E-state index contributed by atoms with van der Waals surface area (Å²) in [5.74, 6) is 0.733. The van der Waals surface area contributed by atoms with Gasteiger partial charge in [-0.3, -0.25) is 0 Å². The lowest BCUT2D eigenvalue weighted by Crippen LogP contribution is -2.27. The van der Waals surface area contributed by atoms with Gasteiger partial charge in [0.1, 0.15) is 11.9 Å². The highest BCUT2D eigenvalue weighted by atomic mass is 16.6. The second kappa shape index (κ2) is 8.09. The Bertz CT molecular complexity index is 227. The number of nitrogens with two attached hydrogens (primary N) is 1. The Hall–Kier alpha value is -1.06. The highest BCUT2D eigenvalue weighted by molar-refractivity contribution is 5.65. The van der Waals surface area contributed by atoms with Crippen LogP contribution in [0.25, 0.3) is 0 Å². The standard InChI is InChI=1S/C8H14O.C5H11NO2/c9-7-6-8-4-2-1-3-5-8;1-5(2,3)8-4(6)7/h7-8H,1-6H2;1-3H3,(H2,6,7). The summed E-state index contributed by atoms with van der Waals surface area (Å²) in [4.78, 5) is 20.1. The topological polar surface area (TPSA) is 69.4 Å². The van der Waals surface area contributed by atoms with Gasteiger partial charge in [0.2, 0.25) is 0 Å². The molecule has 1 rings (SSSR count). The molecule has 0 aromatic carbocycles. The van der Waals surface area contributed by atoms with Crippen molar-refractivity contribution in [3.8, 4) is 0 Å². The SMILES string of the molecule is CC(C)(C)OC(N)=O.O=CCC1CCCCC1. The van der Waals surface area contributed by atoms with Crippen LogP contribution in [0.4, 0.5) is 4.79 Å². The van der Waals surface area contributed by atoms with Gasteiger partial charge in [0.15, 0.2) is 0 Å². The zero-order valence-corrected chi connectivity index (χ0v) is 11.2. The summed E-state index contributed by atoms with van der Waals surface area (Å²) in [7, 11) is 0. The maximum absolute atomic E-state index is 10.1. The van der Waals surface area contributed by atoms with Gasteiger partial charge in [0.05, 0.1) is 0 Å². The quantitative estimate of drug-likeness (QED) is 0.758. The summed E-state index contributed by atoms with van der Waals surface area (Å²) >= 11 is 0. The van der Waals surface area contributed by atoms with Crippen LogP contribution in [0.2, 0.25) is 0 Å². The maximum Gasteiger partial charge on any atom is 0.405 e. The molecule has 0 saturated heterocycles. The monoisotopic (exact) mass is 243 g/mol. The number of carbonyl (C=O) groups is 2. The lowest BCUT2D eigenvalue weighted by molar-refractivity contribution is -0.108. The third-order valence-electron chi connectivity index (χ3n) is 2.56. The minimum absolute atomic E-state index is 0.453. The molecule has 0 heterocycles. The normalized spacial score (nSPS) is 16.6. The van der Waals surface area contributed by atoms with Crippen molar-refractivity contribution in [3.05, 3.63) is 0 Å². The van der Waals surface area contributed by atoms with Crippen molar-refractivity contribution in [1.29, 1.82) is 0 Å². The van der Waals surface area contributed by atoms with E-state index in [0.717, 1.165) is 18.6 Å². The lowest BCUT2D eigenvalue weighted by Gasteiger charge is -2.18. The number of aldehydes is 1. The van der Waals surface area contributed by atoms with Crippen LogP contribution < -0.4 is 5.73 Å². The number of amides is 1. The predicted octanol–water partition coefficient (Wildman–Crippen LogP) is 3.04. The molecule has 0 aromatic heterocycles. The first-order valence-electron chi connectivity index (χ1n) is 6.27. The van der Waals surface area contributed by atoms with Gasteiger partial charge in [0.25, 0.3) is 0 Å². The summed E-state index contributed by atoms with van der Waals surface area (Å²) in [6, 6.07) is 0. The third-order valence-corrected chi connectivity index (χ3v) is 2.56. The number of ether oxygens (including phenoxy) is 1. The molecule has 1 aliphatic carbocycles. The Morgan fingerprint density at radius 1 is 1.29 bits per heavy atom. The summed E-state index contributed by atoms with van der Waals surface area (Å²) in [6.45, 7) is 5.28.